The Morgan fingerprint density at radius 3 is 2.14 bits per heavy atom. The van der Waals surface area contributed by atoms with Crippen LogP contribution in [0.15, 0.2) is 42.6 Å². The normalized spacial score (nSPS) is 14.8. The fraction of sp³-hybridized carbons (Fsp3) is 0.455. The molecule has 0 unspecified atom stereocenters. The van der Waals surface area contributed by atoms with Gasteiger partial charge in [0.05, 0.1) is 11.9 Å². The van der Waals surface area contributed by atoms with Crippen LogP contribution in [-0.4, -0.2) is 66.5 Å². The number of likely N-dealkylation sites (N-methyl/N-ethyl adjacent to an activating group) is 1. The molecule has 1 aliphatic heterocycles. The first-order valence-electron chi connectivity index (χ1n) is 10.2. The van der Waals surface area contributed by atoms with Crippen LogP contribution < -0.4 is 10.2 Å². The molecule has 150 valence electrons. The second kappa shape index (κ2) is 9.55. The molecule has 1 aromatic heterocycles. The standard InChI is InChI=1S/C22H31N5O/c1-4-25-13-15-27(16-14-25)22(28)21-12-9-19(17-23-21)24-18-7-10-20(11-8-18)26(5-2)6-3/h7-12,17,24H,4-6,13-16H2,1-3H3. The predicted octanol–water partition coefficient (Wildman–Crippen LogP) is 3.45. The van der Waals surface area contributed by atoms with Gasteiger partial charge < -0.3 is 20.0 Å². The molecule has 2 heterocycles. The average Bonchev–Trinajstić information content (AvgIpc) is 2.76. The van der Waals surface area contributed by atoms with Gasteiger partial charge in [-0.1, -0.05) is 6.92 Å². The lowest BCUT2D eigenvalue weighted by molar-refractivity contribution is 0.0637. The molecule has 2 aromatic rings. The molecule has 28 heavy (non-hydrogen) atoms. The highest BCUT2D eigenvalue weighted by atomic mass is 16.2. The molecule has 1 fully saturated rings. The molecule has 0 atom stereocenters. The minimum atomic E-state index is 0.0193. The number of aromatic nitrogens is 1. The summed E-state index contributed by atoms with van der Waals surface area (Å²) < 4.78 is 0. The molecule has 1 aromatic carbocycles. The molecule has 6 heteroatoms. The fourth-order valence-electron chi connectivity index (χ4n) is 3.53. The van der Waals surface area contributed by atoms with Crippen LogP contribution in [0.25, 0.3) is 0 Å². The van der Waals surface area contributed by atoms with Gasteiger partial charge in [-0.05, 0) is 56.8 Å². The smallest absolute Gasteiger partial charge is 0.272 e. The SMILES string of the molecule is CCN1CCN(C(=O)c2ccc(Nc3ccc(N(CC)CC)cc3)cn2)CC1. The van der Waals surface area contributed by atoms with E-state index in [-0.39, 0.29) is 5.91 Å². The highest BCUT2D eigenvalue weighted by Gasteiger charge is 2.22. The predicted molar refractivity (Wildman–Crippen MR) is 116 cm³/mol. The van der Waals surface area contributed by atoms with E-state index < -0.39 is 0 Å². The van der Waals surface area contributed by atoms with Gasteiger partial charge >= 0.3 is 0 Å². The van der Waals surface area contributed by atoms with E-state index in [4.69, 9.17) is 0 Å². The van der Waals surface area contributed by atoms with Gasteiger partial charge in [0.2, 0.25) is 0 Å². The first kappa shape index (κ1) is 20.1. The van der Waals surface area contributed by atoms with Crippen LogP contribution in [0.3, 0.4) is 0 Å². The number of anilines is 3. The Balaban J connectivity index is 1.59. The summed E-state index contributed by atoms with van der Waals surface area (Å²) in [6.45, 7) is 12.9. The Labute approximate surface area is 168 Å². The summed E-state index contributed by atoms with van der Waals surface area (Å²) in [6, 6.07) is 12.1. The third kappa shape index (κ3) is 4.81. The zero-order valence-electron chi connectivity index (χ0n) is 17.2. The van der Waals surface area contributed by atoms with E-state index in [1.54, 1.807) is 12.3 Å². The van der Waals surface area contributed by atoms with Gasteiger partial charge in [0, 0.05) is 50.6 Å². The average molecular weight is 382 g/mol. The van der Waals surface area contributed by atoms with E-state index in [9.17, 15) is 4.79 Å². The first-order chi connectivity index (χ1) is 13.6. The van der Waals surface area contributed by atoms with Gasteiger partial charge in [-0.25, -0.2) is 4.98 Å². The van der Waals surface area contributed by atoms with Crippen molar-refractivity contribution in [2.24, 2.45) is 0 Å². The molecular formula is C22H31N5O. The molecule has 1 N–H and O–H groups in total. The summed E-state index contributed by atoms with van der Waals surface area (Å²) in [4.78, 5) is 23.6. The van der Waals surface area contributed by atoms with Gasteiger partial charge in [0.15, 0.2) is 0 Å². The van der Waals surface area contributed by atoms with Crippen LogP contribution >= 0.6 is 0 Å². The second-order valence-corrected chi connectivity index (χ2v) is 7.00. The van der Waals surface area contributed by atoms with Crippen molar-refractivity contribution in [2.75, 3.05) is 56.0 Å². The van der Waals surface area contributed by atoms with Crippen molar-refractivity contribution in [3.63, 3.8) is 0 Å². The molecule has 0 aliphatic carbocycles. The van der Waals surface area contributed by atoms with Crippen molar-refractivity contribution in [2.45, 2.75) is 20.8 Å². The summed E-state index contributed by atoms with van der Waals surface area (Å²) in [6.07, 6.45) is 1.73. The maximum Gasteiger partial charge on any atom is 0.272 e. The van der Waals surface area contributed by atoms with Crippen molar-refractivity contribution in [1.82, 2.24) is 14.8 Å². The maximum atomic E-state index is 12.6. The molecule has 3 rings (SSSR count). The number of nitrogens with zero attached hydrogens (tertiary/aromatic N) is 4. The summed E-state index contributed by atoms with van der Waals surface area (Å²) in [5.74, 6) is 0.0193. The number of piperazine rings is 1. The lowest BCUT2D eigenvalue weighted by Gasteiger charge is -2.33. The van der Waals surface area contributed by atoms with E-state index >= 15 is 0 Å². The Morgan fingerprint density at radius 1 is 0.964 bits per heavy atom. The second-order valence-electron chi connectivity index (χ2n) is 7.00. The van der Waals surface area contributed by atoms with Crippen molar-refractivity contribution in [3.05, 3.63) is 48.3 Å². The number of pyridine rings is 1. The van der Waals surface area contributed by atoms with Gasteiger partial charge in [0.1, 0.15) is 5.69 Å². The summed E-state index contributed by atoms with van der Waals surface area (Å²) in [5, 5.41) is 3.35. The van der Waals surface area contributed by atoms with Crippen LogP contribution in [0.5, 0.6) is 0 Å². The molecule has 1 amide bonds. The molecule has 0 spiro atoms. The Bertz CT molecular complexity index is 748. The number of hydrogen-bond acceptors (Lipinski definition) is 5. The number of amides is 1. The zero-order chi connectivity index (χ0) is 19.9. The van der Waals surface area contributed by atoms with Crippen LogP contribution in [0.4, 0.5) is 17.1 Å². The van der Waals surface area contributed by atoms with Crippen molar-refractivity contribution in [3.8, 4) is 0 Å². The molecular weight excluding hydrogens is 350 g/mol. The Morgan fingerprint density at radius 2 is 1.61 bits per heavy atom. The van der Waals surface area contributed by atoms with E-state index in [1.165, 1.54) is 5.69 Å². The molecule has 1 saturated heterocycles. The van der Waals surface area contributed by atoms with Gasteiger partial charge in [-0.2, -0.15) is 0 Å². The van der Waals surface area contributed by atoms with Crippen LogP contribution in [0.1, 0.15) is 31.3 Å². The van der Waals surface area contributed by atoms with E-state index in [0.29, 0.717) is 5.69 Å². The van der Waals surface area contributed by atoms with Crippen LogP contribution in [-0.2, 0) is 0 Å². The Kier molecular flexibility index (Phi) is 6.87. The van der Waals surface area contributed by atoms with Gasteiger partial charge in [0.25, 0.3) is 5.91 Å². The number of nitrogens with one attached hydrogen (secondary N) is 1. The van der Waals surface area contributed by atoms with Crippen molar-refractivity contribution >= 4 is 23.0 Å². The van der Waals surface area contributed by atoms with E-state index in [0.717, 1.165) is 57.2 Å². The monoisotopic (exact) mass is 381 g/mol. The highest BCUT2D eigenvalue weighted by Crippen LogP contribution is 2.21. The minimum absolute atomic E-state index is 0.0193. The third-order valence-electron chi connectivity index (χ3n) is 5.37. The van der Waals surface area contributed by atoms with Crippen LogP contribution in [0.2, 0.25) is 0 Å². The lowest BCUT2D eigenvalue weighted by Crippen LogP contribution is -2.48. The minimum Gasteiger partial charge on any atom is -0.372 e. The Hall–Kier alpha value is -2.60. The maximum absolute atomic E-state index is 12.6. The number of benzene rings is 1. The molecule has 1 aliphatic rings. The quantitative estimate of drug-likeness (QED) is 0.796. The lowest BCUT2D eigenvalue weighted by atomic mass is 10.2. The molecule has 6 nitrogen and oxygen atoms in total. The van der Waals surface area contributed by atoms with E-state index in [1.807, 2.05) is 11.0 Å². The fourth-order valence-corrected chi connectivity index (χ4v) is 3.53. The van der Waals surface area contributed by atoms with Gasteiger partial charge in [-0.15, -0.1) is 0 Å². The zero-order valence-corrected chi connectivity index (χ0v) is 17.2. The van der Waals surface area contributed by atoms with Crippen molar-refractivity contribution in [1.29, 1.82) is 0 Å². The number of rotatable bonds is 7. The molecule has 0 radical (unpaired) electrons. The molecule has 0 saturated carbocycles. The largest absolute Gasteiger partial charge is 0.372 e. The molecule has 0 bridgehead atoms. The topological polar surface area (TPSA) is 51.7 Å². The summed E-state index contributed by atoms with van der Waals surface area (Å²) in [5.41, 5.74) is 3.61. The summed E-state index contributed by atoms with van der Waals surface area (Å²) >= 11 is 0. The summed E-state index contributed by atoms with van der Waals surface area (Å²) in [7, 11) is 0. The first-order valence-corrected chi connectivity index (χ1v) is 10.2. The number of carbonyl (C=O) groups is 1. The number of carbonyl (C=O) groups excluding carboxylic acids is 1. The van der Waals surface area contributed by atoms with Gasteiger partial charge in [-0.3, -0.25) is 4.79 Å². The highest BCUT2D eigenvalue weighted by molar-refractivity contribution is 5.92. The van der Waals surface area contributed by atoms with E-state index in [2.05, 4.69) is 65.1 Å². The van der Waals surface area contributed by atoms with Crippen LogP contribution in [0, 0.1) is 0 Å². The van der Waals surface area contributed by atoms with Crippen molar-refractivity contribution < 1.29 is 4.79 Å². The number of hydrogen-bond donors (Lipinski definition) is 1. The third-order valence-corrected chi connectivity index (χ3v) is 5.37.